The third-order valence-electron chi connectivity index (χ3n) is 2.08. The van der Waals surface area contributed by atoms with E-state index in [-0.39, 0.29) is 18.7 Å². The molecular weight excluding hydrogens is 212 g/mol. The molecule has 0 radical (unpaired) electrons. The molecule has 1 aliphatic rings. The molecule has 0 unspecified atom stereocenters. The minimum atomic E-state index is -0.141. The van der Waals surface area contributed by atoms with Gasteiger partial charge in [-0.15, -0.1) is 0 Å². The second-order valence-corrected chi connectivity index (χ2v) is 3.99. The number of benzene rings is 1. The van der Waals surface area contributed by atoms with E-state index in [0.29, 0.717) is 0 Å². The van der Waals surface area contributed by atoms with Gasteiger partial charge in [-0.25, -0.2) is 0 Å². The molecular formula is C10H11ClMgO2. The average molecular weight is 223 g/mol. The fourth-order valence-corrected chi connectivity index (χ4v) is 1.59. The first-order valence-electron chi connectivity index (χ1n) is 4.51. The van der Waals surface area contributed by atoms with Gasteiger partial charge in [0, 0.05) is 0 Å². The molecule has 1 aliphatic heterocycles. The van der Waals surface area contributed by atoms with Gasteiger partial charge >= 0.3 is 90.6 Å². The number of rotatable bonds is 1. The third-order valence-corrected chi connectivity index (χ3v) is 2.55. The van der Waals surface area contributed by atoms with E-state index in [1.54, 1.807) is 0 Å². The Morgan fingerprint density at radius 3 is 2.21 bits per heavy atom. The monoisotopic (exact) mass is 222 g/mol. The molecule has 0 aliphatic carbocycles. The molecule has 1 heterocycles. The third kappa shape index (κ3) is 3.10. The fourth-order valence-electron chi connectivity index (χ4n) is 1.36. The predicted molar refractivity (Wildman–Crippen MR) is 51.1 cm³/mol. The predicted octanol–water partition coefficient (Wildman–Crippen LogP) is -2.08. The van der Waals surface area contributed by atoms with Gasteiger partial charge in [0.25, 0.3) is 0 Å². The second-order valence-electron chi connectivity index (χ2n) is 3.17. The molecule has 2 rings (SSSR count). The van der Waals surface area contributed by atoms with Crippen molar-refractivity contribution in [3.8, 4) is 0 Å². The van der Waals surface area contributed by atoms with Gasteiger partial charge in [0.2, 0.25) is 0 Å². The first-order chi connectivity index (χ1) is 6.36. The average Bonchev–Trinajstić information content (AvgIpc) is 2.20. The Hall–Kier alpha value is 0.196. The Balaban J connectivity index is 0.000000980. The van der Waals surface area contributed by atoms with Crippen LogP contribution >= 0.6 is 0 Å². The Labute approximate surface area is 103 Å². The first-order valence-corrected chi connectivity index (χ1v) is 5.22. The Kier molecular flexibility index (Phi) is 5.19. The van der Waals surface area contributed by atoms with Gasteiger partial charge in [-0.3, -0.25) is 0 Å². The van der Waals surface area contributed by atoms with Crippen molar-refractivity contribution in [2.75, 3.05) is 13.2 Å². The fraction of sp³-hybridized carbons (Fsp3) is 0.400. The van der Waals surface area contributed by atoms with Gasteiger partial charge in [0.1, 0.15) is 0 Å². The van der Waals surface area contributed by atoms with E-state index in [1.807, 2.05) is 21.7 Å². The van der Waals surface area contributed by atoms with Gasteiger partial charge in [0.05, 0.1) is 0 Å². The van der Waals surface area contributed by atoms with Crippen LogP contribution in [-0.4, -0.2) is 34.9 Å². The molecule has 4 heteroatoms. The van der Waals surface area contributed by atoms with E-state index in [0.717, 1.165) is 25.2 Å². The molecule has 1 aromatic rings. The topological polar surface area (TPSA) is 18.5 Å². The van der Waals surface area contributed by atoms with Crippen LogP contribution in [0.3, 0.4) is 0 Å². The van der Waals surface area contributed by atoms with Crippen LogP contribution in [-0.2, 0) is 9.47 Å². The summed E-state index contributed by atoms with van der Waals surface area (Å²) in [5.74, 6) is 0. The van der Waals surface area contributed by atoms with Gasteiger partial charge in [-0.2, -0.15) is 0 Å². The summed E-state index contributed by atoms with van der Waals surface area (Å²) in [5, 5.41) is 0. The van der Waals surface area contributed by atoms with Crippen LogP contribution in [0.5, 0.6) is 0 Å². The summed E-state index contributed by atoms with van der Waals surface area (Å²) in [6, 6.07) is 8.32. The zero-order valence-corrected chi connectivity index (χ0v) is 10.1. The van der Waals surface area contributed by atoms with Crippen LogP contribution in [0.15, 0.2) is 24.3 Å². The maximum absolute atomic E-state index is 5.48. The van der Waals surface area contributed by atoms with Crippen molar-refractivity contribution < 1.29 is 21.9 Å². The molecule has 14 heavy (non-hydrogen) atoms. The Bertz CT molecular complexity index is 270. The summed E-state index contributed by atoms with van der Waals surface area (Å²) >= 11 is 1.88. The van der Waals surface area contributed by atoms with Crippen LogP contribution < -0.4 is 16.1 Å². The number of hydrogen-bond acceptors (Lipinski definition) is 2. The Morgan fingerprint density at radius 1 is 1.07 bits per heavy atom. The molecule has 0 atom stereocenters. The first kappa shape index (κ1) is 12.3. The van der Waals surface area contributed by atoms with Crippen LogP contribution in [0.2, 0.25) is 0 Å². The van der Waals surface area contributed by atoms with E-state index < -0.39 is 0 Å². The van der Waals surface area contributed by atoms with Crippen molar-refractivity contribution in [1.82, 2.24) is 0 Å². The van der Waals surface area contributed by atoms with E-state index in [2.05, 4.69) is 24.3 Å². The number of hydrogen-bond donors (Lipinski definition) is 0. The van der Waals surface area contributed by atoms with E-state index >= 15 is 0 Å². The number of halogens is 1. The van der Waals surface area contributed by atoms with E-state index in [9.17, 15) is 0 Å². The minimum absolute atomic E-state index is 0. The van der Waals surface area contributed by atoms with Crippen molar-refractivity contribution in [2.24, 2.45) is 0 Å². The standard InChI is InChI=1S/C10H11O2.ClH.Mg/c1-2-5-9(6-3-1)10-11-7-4-8-12-10;;/h2-3,5-6,10H,4,7-8H2;1H;/q;;+1/p-1. The quantitative estimate of drug-likeness (QED) is 0.509. The summed E-state index contributed by atoms with van der Waals surface area (Å²) < 4.78 is 12.3. The molecule has 0 saturated carbocycles. The van der Waals surface area contributed by atoms with Crippen molar-refractivity contribution >= 4 is 25.4 Å². The van der Waals surface area contributed by atoms with Crippen molar-refractivity contribution in [3.63, 3.8) is 0 Å². The van der Waals surface area contributed by atoms with Gasteiger partial charge in [0.15, 0.2) is 0 Å². The van der Waals surface area contributed by atoms with Crippen molar-refractivity contribution in [1.29, 1.82) is 0 Å². The van der Waals surface area contributed by atoms with Gasteiger partial charge < -0.3 is 12.4 Å². The summed E-state index contributed by atoms with van der Waals surface area (Å²) in [6.45, 7) is 1.61. The molecule has 1 saturated heterocycles. The second kappa shape index (κ2) is 5.93. The van der Waals surface area contributed by atoms with E-state index in [4.69, 9.17) is 9.47 Å². The molecule has 0 amide bonds. The van der Waals surface area contributed by atoms with Crippen molar-refractivity contribution in [2.45, 2.75) is 12.7 Å². The molecule has 72 valence electrons. The summed E-state index contributed by atoms with van der Waals surface area (Å²) in [7, 11) is 0. The molecule has 2 nitrogen and oxygen atoms in total. The zero-order chi connectivity index (χ0) is 9.10. The molecule has 0 aromatic heterocycles. The molecule has 0 bridgehead atoms. The maximum atomic E-state index is 5.48. The summed E-state index contributed by atoms with van der Waals surface area (Å²) in [5.41, 5.74) is 1.12. The molecule has 0 N–H and O–H groups in total. The van der Waals surface area contributed by atoms with Gasteiger partial charge in [-0.1, -0.05) is 0 Å². The summed E-state index contributed by atoms with van der Waals surface area (Å²) in [4.78, 5) is 0. The molecule has 1 fully saturated rings. The zero-order valence-electron chi connectivity index (χ0n) is 7.91. The van der Waals surface area contributed by atoms with Crippen LogP contribution in [0.1, 0.15) is 18.3 Å². The van der Waals surface area contributed by atoms with Crippen LogP contribution in [0, 0.1) is 0 Å². The molecule has 1 aromatic carbocycles. The normalized spacial score (nSPS) is 17.6. The van der Waals surface area contributed by atoms with Gasteiger partial charge in [-0.05, 0) is 0 Å². The van der Waals surface area contributed by atoms with Crippen molar-refractivity contribution in [3.05, 3.63) is 29.8 Å². The van der Waals surface area contributed by atoms with E-state index in [1.165, 1.54) is 3.69 Å². The van der Waals surface area contributed by atoms with Crippen LogP contribution in [0.25, 0.3) is 0 Å². The SMILES string of the molecule is [Cl-].[Mg+][c]1ccc(C2OCCCO2)cc1. The summed E-state index contributed by atoms with van der Waals surface area (Å²) in [6.07, 6.45) is 0.863. The number of ether oxygens (including phenoxy) is 2. The Morgan fingerprint density at radius 2 is 1.64 bits per heavy atom. The van der Waals surface area contributed by atoms with Crippen LogP contribution in [0.4, 0.5) is 0 Å². The molecule has 0 spiro atoms.